The van der Waals surface area contributed by atoms with E-state index in [1.54, 1.807) is 7.11 Å². The molecule has 1 aromatic rings. The molecule has 0 spiro atoms. The van der Waals surface area contributed by atoms with Crippen molar-refractivity contribution >= 4 is 5.97 Å². The molecule has 0 aliphatic carbocycles. The van der Waals surface area contributed by atoms with Gasteiger partial charge in [-0.15, -0.1) is 0 Å². The lowest BCUT2D eigenvalue weighted by molar-refractivity contribution is -0.144. The molecule has 0 aromatic heterocycles. The number of methoxy groups -OCH3 is 1. The number of carbonyl (C=O) groups is 1. The van der Waals surface area contributed by atoms with Crippen LogP contribution in [0.1, 0.15) is 58.1 Å². The van der Waals surface area contributed by atoms with E-state index in [1.807, 2.05) is 20.8 Å². The summed E-state index contributed by atoms with van der Waals surface area (Å²) in [7, 11) is 1.68. The van der Waals surface area contributed by atoms with Gasteiger partial charge in [0, 0.05) is 26.2 Å². The number of aliphatic carboxylic acids is 1. The van der Waals surface area contributed by atoms with Crippen LogP contribution >= 0.6 is 0 Å². The minimum atomic E-state index is -0.876. The van der Waals surface area contributed by atoms with Crippen molar-refractivity contribution in [3.05, 3.63) is 29.3 Å². The zero-order valence-electron chi connectivity index (χ0n) is 20.1. The zero-order chi connectivity index (χ0) is 23.6. The summed E-state index contributed by atoms with van der Waals surface area (Å²) in [6.45, 7) is 11.4. The second-order valence-corrected chi connectivity index (χ2v) is 9.39. The number of hydrogen-bond donors (Lipinski definition) is 3. The van der Waals surface area contributed by atoms with Crippen molar-refractivity contribution in [2.75, 3.05) is 20.3 Å². The molecule has 4 atom stereocenters. The maximum absolute atomic E-state index is 11.5. The largest absolute Gasteiger partial charge is 0.493 e. The van der Waals surface area contributed by atoms with Gasteiger partial charge in [-0.25, -0.2) is 0 Å². The lowest BCUT2D eigenvalue weighted by atomic mass is 9.81. The Bertz CT molecular complexity index is 661. The highest BCUT2D eigenvalue weighted by atomic mass is 16.5. The Labute approximate surface area is 188 Å². The number of aliphatic hydroxyl groups is 1. The molecule has 4 N–H and O–H groups in total. The Morgan fingerprint density at radius 3 is 2.32 bits per heavy atom. The maximum Gasteiger partial charge on any atom is 0.306 e. The van der Waals surface area contributed by atoms with Gasteiger partial charge in [-0.1, -0.05) is 39.8 Å². The predicted octanol–water partition coefficient (Wildman–Crippen LogP) is 4.05. The molecule has 0 amide bonds. The Hall–Kier alpha value is -1.63. The lowest BCUT2D eigenvalue weighted by Gasteiger charge is -2.29. The van der Waals surface area contributed by atoms with Crippen LogP contribution in [-0.2, 0) is 16.0 Å². The SMILES string of the molecule is COCCCOc1cc(CC(CC(N)C(O)CC(C(=O)O)C(C)C)C(C)C)ccc1C. The Balaban J connectivity index is 2.78. The summed E-state index contributed by atoms with van der Waals surface area (Å²) >= 11 is 0. The van der Waals surface area contributed by atoms with Crippen molar-refractivity contribution in [3.63, 3.8) is 0 Å². The average Bonchev–Trinajstić information content (AvgIpc) is 2.69. The van der Waals surface area contributed by atoms with Crippen molar-refractivity contribution < 1.29 is 24.5 Å². The van der Waals surface area contributed by atoms with Gasteiger partial charge in [-0.2, -0.15) is 0 Å². The van der Waals surface area contributed by atoms with Crippen molar-refractivity contribution in [1.82, 2.24) is 0 Å². The Morgan fingerprint density at radius 1 is 1.10 bits per heavy atom. The van der Waals surface area contributed by atoms with Gasteiger partial charge in [0.05, 0.1) is 18.6 Å². The van der Waals surface area contributed by atoms with Gasteiger partial charge >= 0.3 is 5.97 Å². The number of benzene rings is 1. The monoisotopic (exact) mass is 437 g/mol. The third-order valence-corrected chi connectivity index (χ3v) is 6.13. The number of nitrogens with two attached hydrogens (primary N) is 1. The van der Waals surface area contributed by atoms with Crippen molar-refractivity contribution in [3.8, 4) is 5.75 Å². The highest BCUT2D eigenvalue weighted by molar-refractivity contribution is 5.70. The summed E-state index contributed by atoms with van der Waals surface area (Å²) in [5.41, 5.74) is 8.61. The van der Waals surface area contributed by atoms with Gasteiger partial charge in [-0.05, 0) is 61.1 Å². The molecule has 0 heterocycles. The van der Waals surface area contributed by atoms with Crippen molar-refractivity contribution in [2.45, 2.75) is 72.4 Å². The van der Waals surface area contributed by atoms with E-state index in [0.29, 0.717) is 25.6 Å². The van der Waals surface area contributed by atoms with Gasteiger partial charge in [0.2, 0.25) is 0 Å². The van der Waals surface area contributed by atoms with E-state index in [4.69, 9.17) is 15.2 Å². The first-order chi connectivity index (χ1) is 14.6. The van der Waals surface area contributed by atoms with Crippen LogP contribution in [0.5, 0.6) is 5.75 Å². The van der Waals surface area contributed by atoms with Crippen LogP contribution in [0.3, 0.4) is 0 Å². The first-order valence-corrected chi connectivity index (χ1v) is 11.4. The Kier molecular flexibility index (Phi) is 12.1. The van der Waals surface area contributed by atoms with Gasteiger partial charge in [0.1, 0.15) is 5.75 Å². The van der Waals surface area contributed by atoms with E-state index >= 15 is 0 Å². The molecule has 178 valence electrons. The highest BCUT2D eigenvalue weighted by Gasteiger charge is 2.29. The summed E-state index contributed by atoms with van der Waals surface area (Å²) < 4.78 is 11.0. The van der Waals surface area contributed by atoms with E-state index in [1.165, 1.54) is 5.56 Å². The maximum atomic E-state index is 11.5. The Morgan fingerprint density at radius 2 is 1.77 bits per heavy atom. The fourth-order valence-electron chi connectivity index (χ4n) is 3.81. The normalized spacial score (nSPS) is 15.7. The zero-order valence-corrected chi connectivity index (χ0v) is 20.1. The number of aliphatic hydroxyl groups excluding tert-OH is 1. The smallest absolute Gasteiger partial charge is 0.306 e. The van der Waals surface area contributed by atoms with E-state index in [-0.39, 0.29) is 18.3 Å². The minimum Gasteiger partial charge on any atom is -0.493 e. The summed E-state index contributed by atoms with van der Waals surface area (Å²) in [6, 6.07) is 5.84. The summed E-state index contributed by atoms with van der Waals surface area (Å²) in [6.07, 6.45) is 1.67. The molecule has 0 fully saturated rings. The quantitative estimate of drug-likeness (QED) is 0.358. The summed E-state index contributed by atoms with van der Waals surface area (Å²) in [5, 5.41) is 20.0. The average molecular weight is 438 g/mol. The molecule has 0 saturated carbocycles. The van der Waals surface area contributed by atoms with E-state index in [9.17, 15) is 15.0 Å². The summed E-state index contributed by atoms with van der Waals surface area (Å²) in [4.78, 5) is 11.5. The third kappa shape index (κ3) is 9.58. The first-order valence-electron chi connectivity index (χ1n) is 11.4. The third-order valence-electron chi connectivity index (χ3n) is 6.13. The number of hydrogen-bond acceptors (Lipinski definition) is 5. The van der Waals surface area contributed by atoms with E-state index in [2.05, 4.69) is 32.0 Å². The summed E-state index contributed by atoms with van der Waals surface area (Å²) in [5.74, 6) is 0.0339. The van der Waals surface area contributed by atoms with Gasteiger partial charge in [0.25, 0.3) is 0 Å². The molecule has 31 heavy (non-hydrogen) atoms. The molecular weight excluding hydrogens is 394 g/mol. The second kappa shape index (κ2) is 13.7. The molecule has 6 heteroatoms. The van der Waals surface area contributed by atoms with E-state index in [0.717, 1.165) is 24.2 Å². The predicted molar refractivity (Wildman–Crippen MR) is 124 cm³/mol. The molecule has 0 radical (unpaired) electrons. The van der Waals surface area contributed by atoms with Crippen LogP contribution in [-0.4, -0.2) is 48.7 Å². The van der Waals surface area contributed by atoms with Crippen LogP contribution in [0.25, 0.3) is 0 Å². The minimum absolute atomic E-state index is 0.0462. The molecule has 1 rings (SSSR count). The molecule has 0 aliphatic rings. The van der Waals surface area contributed by atoms with Gasteiger partial charge in [-0.3, -0.25) is 4.79 Å². The second-order valence-electron chi connectivity index (χ2n) is 9.39. The number of rotatable bonds is 15. The first kappa shape index (κ1) is 27.4. The molecule has 0 aliphatic heterocycles. The van der Waals surface area contributed by atoms with Crippen LogP contribution in [0.4, 0.5) is 0 Å². The molecule has 6 nitrogen and oxygen atoms in total. The number of ether oxygens (including phenoxy) is 2. The highest BCUT2D eigenvalue weighted by Crippen LogP contribution is 2.28. The van der Waals surface area contributed by atoms with Crippen LogP contribution in [0.2, 0.25) is 0 Å². The molecule has 0 bridgehead atoms. The van der Waals surface area contributed by atoms with Crippen molar-refractivity contribution in [2.24, 2.45) is 29.4 Å². The van der Waals surface area contributed by atoms with E-state index < -0.39 is 24.0 Å². The molecular formula is C25H43NO5. The molecule has 1 aromatic carbocycles. The van der Waals surface area contributed by atoms with Crippen LogP contribution < -0.4 is 10.5 Å². The number of aryl methyl sites for hydroxylation is 1. The van der Waals surface area contributed by atoms with Gasteiger partial charge in [0.15, 0.2) is 0 Å². The lowest BCUT2D eigenvalue weighted by Crippen LogP contribution is -2.40. The van der Waals surface area contributed by atoms with Crippen LogP contribution in [0.15, 0.2) is 18.2 Å². The topological polar surface area (TPSA) is 102 Å². The van der Waals surface area contributed by atoms with Crippen molar-refractivity contribution in [1.29, 1.82) is 0 Å². The fraction of sp³-hybridized carbons (Fsp3) is 0.720. The van der Waals surface area contributed by atoms with Crippen LogP contribution in [0, 0.1) is 30.6 Å². The molecule has 0 saturated heterocycles. The number of carboxylic acid groups (broad SMARTS) is 1. The van der Waals surface area contributed by atoms with Gasteiger partial charge < -0.3 is 25.4 Å². The number of carboxylic acids is 1. The molecule has 4 unspecified atom stereocenters. The standard InChI is InChI=1S/C25H43NO5/c1-16(2)20(14-22(26)23(27)15-21(17(3)4)25(28)29)12-19-9-8-18(5)24(13-19)31-11-7-10-30-6/h8-9,13,16-17,20-23,27H,7,10-12,14-15,26H2,1-6H3,(H,28,29). The fourth-order valence-corrected chi connectivity index (χ4v) is 3.81.